The lowest BCUT2D eigenvalue weighted by molar-refractivity contribution is -0.114. The minimum atomic E-state index is -0.129. The summed E-state index contributed by atoms with van der Waals surface area (Å²) in [5, 5.41) is 4.01. The summed E-state index contributed by atoms with van der Waals surface area (Å²) in [6, 6.07) is 13.8. The summed E-state index contributed by atoms with van der Waals surface area (Å²) < 4.78 is 6.26. The van der Waals surface area contributed by atoms with Gasteiger partial charge < -0.3 is 10.1 Å². The molecule has 1 N–H and O–H groups in total. The molecule has 0 radical (unpaired) electrons. The van der Waals surface area contributed by atoms with Crippen LogP contribution in [0, 0.1) is 6.92 Å². The van der Waals surface area contributed by atoms with Crippen molar-refractivity contribution in [3.63, 3.8) is 0 Å². The van der Waals surface area contributed by atoms with Crippen LogP contribution in [0.25, 0.3) is 21.5 Å². The number of rotatable bonds is 5. The van der Waals surface area contributed by atoms with Gasteiger partial charge in [-0.3, -0.25) is 4.79 Å². The molecular formula is C21H18N4O2S2. The van der Waals surface area contributed by atoms with E-state index in [9.17, 15) is 4.79 Å². The molecule has 0 atom stereocenters. The maximum absolute atomic E-state index is 11.3. The zero-order valence-corrected chi connectivity index (χ0v) is 17.7. The van der Waals surface area contributed by atoms with Crippen molar-refractivity contribution in [2.45, 2.75) is 23.9 Å². The first-order valence-electron chi connectivity index (χ1n) is 8.86. The third-order valence-corrected chi connectivity index (χ3v) is 6.17. The number of ether oxygens (including phenoxy) is 1. The number of carbonyl (C=O) groups excluding carboxylic acids is 1. The van der Waals surface area contributed by atoms with Crippen LogP contribution in [0.4, 0.5) is 5.13 Å². The number of hydrogen-bond donors (Lipinski definition) is 1. The maximum atomic E-state index is 11.3. The normalized spacial score (nSPS) is 10.9. The predicted octanol–water partition coefficient (Wildman–Crippen LogP) is 5.18. The van der Waals surface area contributed by atoms with E-state index in [1.807, 2.05) is 49.4 Å². The molecule has 0 aliphatic carbocycles. The van der Waals surface area contributed by atoms with Crippen LogP contribution in [0.15, 0.2) is 58.7 Å². The van der Waals surface area contributed by atoms with Gasteiger partial charge in [0, 0.05) is 23.6 Å². The fourth-order valence-electron chi connectivity index (χ4n) is 2.80. The number of nitrogens with one attached hydrogen (secondary N) is 1. The summed E-state index contributed by atoms with van der Waals surface area (Å²) in [7, 11) is 1.66. The van der Waals surface area contributed by atoms with E-state index in [0.29, 0.717) is 10.3 Å². The number of carbonyl (C=O) groups is 1. The molecule has 2 aromatic carbocycles. The molecule has 29 heavy (non-hydrogen) atoms. The zero-order valence-electron chi connectivity index (χ0n) is 16.1. The van der Waals surface area contributed by atoms with Gasteiger partial charge >= 0.3 is 0 Å². The SMILES string of the molecule is COc1ccc(Sc2nccc(-c3ccc4nc(NC(C)=O)sc4c3)n2)c(C)c1. The number of fused-ring (bicyclic) bond motifs is 1. The van der Waals surface area contributed by atoms with E-state index < -0.39 is 0 Å². The molecule has 0 saturated heterocycles. The topological polar surface area (TPSA) is 77.0 Å². The van der Waals surface area contributed by atoms with Crippen molar-refractivity contribution in [1.82, 2.24) is 15.0 Å². The molecule has 0 fully saturated rings. The van der Waals surface area contributed by atoms with Gasteiger partial charge in [-0.25, -0.2) is 15.0 Å². The number of amides is 1. The summed E-state index contributed by atoms with van der Waals surface area (Å²) >= 11 is 2.96. The Morgan fingerprint density at radius 3 is 2.76 bits per heavy atom. The number of nitrogens with zero attached hydrogens (tertiary/aromatic N) is 3. The van der Waals surface area contributed by atoms with Crippen LogP contribution in [0.3, 0.4) is 0 Å². The molecule has 8 heteroatoms. The molecule has 2 aromatic heterocycles. The molecule has 4 rings (SSSR count). The number of aromatic nitrogens is 3. The second-order valence-electron chi connectivity index (χ2n) is 6.34. The number of thiazole rings is 1. The van der Waals surface area contributed by atoms with E-state index in [1.165, 1.54) is 30.0 Å². The Kier molecular flexibility index (Phi) is 5.46. The highest BCUT2D eigenvalue weighted by Gasteiger charge is 2.10. The molecule has 0 aliphatic heterocycles. The standard InChI is InChI=1S/C21H18N4O2S2/c1-12-10-15(27-3)5-7-18(12)28-20-22-9-8-16(24-20)14-4-6-17-19(11-14)29-21(25-17)23-13(2)26/h4-11H,1-3H3,(H,23,25,26). The highest BCUT2D eigenvalue weighted by Crippen LogP contribution is 2.33. The molecular weight excluding hydrogens is 404 g/mol. The van der Waals surface area contributed by atoms with Crippen molar-refractivity contribution >= 4 is 44.4 Å². The van der Waals surface area contributed by atoms with Gasteiger partial charge in [0.1, 0.15) is 5.75 Å². The number of hydrogen-bond acceptors (Lipinski definition) is 7. The van der Waals surface area contributed by atoms with Gasteiger partial charge in [0.2, 0.25) is 5.91 Å². The quantitative estimate of drug-likeness (QED) is 0.447. The van der Waals surface area contributed by atoms with Crippen LogP contribution in [0.2, 0.25) is 0 Å². The van der Waals surface area contributed by atoms with Crippen molar-refractivity contribution in [2.24, 2.45) is 0 Å². The molecule has 1 amide bonds. The van der Waals surface area contributed by atoms with Crippen LogP contribution < -0.4 is 10.1 Å². The van der Waals surface area contributed by atoms with Crippen LogP contribution in [-0.4, -0.2) is 28.0 Å². The zero-order chi connectivity index (χ0) is 20.4. The highest BCUT2D eigenvalue weighted by molar-refractivity contribution is 7.99. The van der Waals surface area contributed by atoms with E-state index in [4.69, 9.17) is 9.72 Å². The molecule has 146 valence electrons. The van der Waals surface area contributed by atoms with Gasteiger partial charge in [0.15, 0.2) is 10.3 Å². The summed E-state index contributed by atoms with van der Waals surface area (Å²) in [4.78, 5) is 25.9. The summed E-state index contributed by atoms with van der Waals surface area (Å²) in [5.74, 6) is 0.702. The lowest BCUT2D eigenvalue weighted by Gasteiger charge is -2.08. The third kappa shape index (κ3) is 4.38. The van der Waals surface area contributed by atoms with Crippen molar-refractivity contribution < 1.29 is 9.53 Å². The Morgan fingerprint density at radius 1 is 1.14 bits per heavy atom. The number of benzene rings is 2. The third-order valence-electron chi connectivity index (χ3n) is 4.18. The van der Waals surface area contributed by atoms with Crippen molar-refractivity contribution in [2.75, 3.05) is 12.4 Å². The van der Waals surface area contributed by atoms with E-state index in [2.05, 4.69) is 15.3 Å². The Hall–Kier alpha value is -2.97. The lowest BCUT2D eigenvalue weighted by atomic mass is 10.1. The molecule has 0 unspecified atom stereocenters. The van der Waals surface area contributed by atoms with E-state index in [1.54, 1.807) is 13.3 Å². The fourth-order valence-corrected chi connectivity index (χ4v) is 4.56. The Labute approximate surface area is 176 Å². The molecule has 6 nitrogen and oxygen atoms in total. The number of anilines is 1. The van der Waals surface area contributed by atoms with Gasteiger partial charge in [0.05, 0.1) is 23.0 Å². The Balaban J connectivity index is 1.62. The van der Waals surface area contributed by atoms with Crippen LogP contribution >= 0.6 is 23.1 Å². The minimum absolute atomic E-state index is 0.129. The molecule has 0 bridgehead atoms. The molecule has 0 spiro atoms. The van der Waals surface area contributed by atoms with Crippen molar-refractivity contribution in [3.8, 4) is 17.0 Å². The highest BCUT2D eigenvalue weighted by atomic mass is 32.2. The Bertz CT molecular complexity index is 1210. The van der Waals surface area contributed by atoms with E-state index >= 15 is 0 Å². The van der Waals surface area contributed by atoms with Gasteiger partial charge in [-0.1, -0.05) is 17.4 Å². The first-order valence-corrected chi connectivity index (χ1v) is 10.5. The maximum Gasteiger partial charge on any atom is 0.223 e. The van der Waals surface area contributed by atoms with Gasteiger partial charge in [-0.15, -0.1) is 0 Å². The van der Waals surface area contributed by atoms with Crippen LogP contribution in [0.1, 0.15) is 12.5 Å². The van der Waals surface area contributed by atoms with Crippen molar-refractivity contribution in [3.05, 3.63) is 54.2 Å². The smallest absolute Gasteiger partial charge is 0.223 e. The lowest BCUT2D eigenvalue weighted by Crippen LogP contribution is -2.04. The monoisotopic (exact) mass is 422 g/mol. The van der Waals surface area contributed by atoms with E-state index in [-0.39, 0.29) is 5.91 Å². The average molecular weight is 423 g/mol. The predicted molar refractivity (Wildman–Crippen MR) is 117 cm³/mol. The Morgan fingerprint density at radius 2 is 2.00 bits per heavy atom. The minimum Gasteiger partial charge on any atom is -0.497 e. The molecule has 0 aliphatic rings. The average Bonchev–Trinajstić information content (AvgIpc) is 3.10. The van der Waals surface area contributed by atoms with Crippen molar-refractivity contribution in [1.29, 1.82) is 0 Å². The number of methoxy groups -OCH3 is 1. The van der Waals surface area contributed by atoms with Gasteiger partial charge in [-0.05, 0) is 60.6 Å². The fraction of sp³-hybridized carbons (Fsp3) is 0.143. The molecule has 4 aromatic rings. The largest absolute Gasteiger partial charge is 0.497 e. The summed E-state index contributed by atoms with van der Waals surface area (Å²) in [6.45, 7) is 3.52. The van der Waals surface area contributed by atoms with Crippen LogP contribution in [-0.2, 0) is 4.79 Å². The molecule has 2 heterocycles. The van der Waals surface area contributed by atoms with E-state index in [0.717, 1.165) is 37.7 Å². The summed E-state index contributed by atoms with van der Waals surface area (Å²) in [6.07, 6.45) is 1.77. The first kappa shape index (κ1) is 19.4. The molecule has 0 saturated carbocycles. The van der Waals surface area contributed by atoms with Gasteiger partial charge in [0.25, 0.3) is 0 Å². The second kappa shape index (κ2) is 8.18. The summed E-state index contributed by atoms with van der Waals surface area (Å²) in [5.41, 5.74) is 3.77. The number of aryl methyl sites for hydroxylation is 1. The van der Waals surface area contributed by atoms with Gasteiger partial charge in [-0.2, -0.15) is 0 Å². The second-order valence-corrected chi connectivity index (χ2v) is 8.38. The van der Waals surface area contributed by atoms with Crippen LogP contribution in [0.5, 0.6) is 5.75 Å². The first-order chi connectivity index (χ1) is 14.0.